The fourth-order valence-corrected chi connectivity index (χ4v) is 7.40. The molecule has 0 bridgehead atoms. The van der Waals surface area contributed by atoms with Gasteiger partial charge in [-0.3, -0.25) is 9.89 Å². The van der Waals surface area contributed by atoms with Crippen molar-refractivity contribution in [1.82, 2.24) is 26.1 Å². The molecule has 3 amide bonds. The summed E-state index contributed by atoms with van der Waals surface area (Å²) in [6.07, 6.45) is 4.62. The number of nitrogens with zero attached hydrogens (tertiary/aromatic N) is 1. The van der Waals surface area contributed by atoms with Gasteiger partial charge in [0.25, 0.3) is 0 Å². The summed E-state index contributed by atoms with van der Waals surface area (Å²) in [5, 5.41) is 20.1. The van der Waals surface area contributed by atoms with Crippen LogP contribution in [0, 0.1) is 5.82 Å². The lowest BCUT2D eigenvalue weighted by Crippen LogP contribution is -2.36. The van der Waals surface area contributed by atoms with E-state index in [2.05, 4.69) is 31.5 Å². The molecule has 3 aliphatic rings. The Morgan fingerprint density at radius 1 is 1.17 bits per heavy atom. The van der Waals surface area contributed by atoms with Crippen LogP contribution in [0.25, 0.3) is 11.3 Å². The molecule has 1 aliphatic carbocycles. The van der Waals surface area contributed by atoms with Crippen molar-refractivity contribution in [1.29, 1.82) is 0 Å². The molecule has 3 heterocycles. The number of methoxy groups -OCH3 is 1. The number of carbonyl (C=O) groups is 2. The maximum absolute atomic E-state index is 13.6. The molecule has 2 aliphatic heterocycles. The number of benzene rings is 2. The monoisotopic (exact) mass is 594 g/mol. The molecule has 10 nitrogen and oxygen atoms in total. The molecule has 12 heteroatoms. The van der Waals surface area contributed by atoms with Crippen LogP contribution < -0.4 is 30.7 Å². The molecule has 42 heavy (non-hydrogen) atoms. The average Bonchev–Trinajstić information content (AvgIpc) is 3.72. The summed E-state index contributed by atoms with van der Waals surface area (Å²) in [6, 6.07) is 10.6. The van der Waals surface area contributed by atoms with Crippen LogP contribution in [0.15, 0.2) is 36.4 Å². The van der Waals surface area contributed by atoms with Gasteiger partial charge in [-0.1, -0.05) is 12.5 Å². The van der Waals surface area contributed by atoms with Crippen molar-refractivity contribution in [2.45, 2.75) is 55.9 Å². The number of unbranched alkanes of at least 4 members (excludes halogenated alkanes) is 1. The Hall–Kier alpha value is -3.93. The highest BCUT2D eigenvalue weighted by atomic mass is 32.2. The molecule has 2 aromatic carbocycles. The molecule has 5 N–H and O–H groups in total. The first-order valence-corrected chi connectivity index (χ1v) is 15.4. The normalized spacial score (nSPS) is 19.9. The van der Waals surface area contributed by atoms with Crippen molar-refractivity contribution in [3.63, 3.8) is 0 Å². The SMILES string of the molecule is COc1cc2c(cc1OCCCNC(=O)CCCCC1SCC3NC(=O)NC31)-c1[nH]nc(Nc3cccc(F)c3)c1C2. The molecule has 2 fully saturated rings. The highest BCUT2D eigenvalue weighted by Gasteiger charge is 2.42. The van der Waals surface area contributed by atoms with Gasteiger partial charge in [0, 0.05) is 47.2 Å². The lowest BCUT2D eigenvalue weighted by molar-refractivity contribution is -0.121. The van der Waals surface area contributed by atoms with Gasteiger partial charge in [-0.25, -0.2) is 9.18 Å². The molecular formula is C30H35FN6O4S. The van der Waals surface area contributed by atoms with E-state index in [9.17, 15) is 14.0 Å². The minimum absolute atomic E-state index is 0.0485. The third kappa shape index (κ3) is 6.13. The van der Waals surface area contributed by atoms with Gasteiger partial charge in [0.2, 0.25) is 5.91 Å². The summed E-state index contributed by atoms with van der Waals surface area (Å²) in [7, 11) is 1.62. The second-order valence-electron chi connectivity index (χ2n) is 10.8. The zero-order chi connectivity index (χ0) is 29.1. The largest absolute Gasteiger partial charge is 0.493 e. The molecule has 3 atom stereocenters. The lowest BCUT2D eigenvalue weighted by Gasteiger charge is -2.16. The Labute approximate surface area is 247 Å². The number of aromatic nitrogens is 2. The molecule has 2 saturated heterocycles. The van der Waals surface area contributed by atoms with E-state index in [0.29, 0.717) is 60.7 Å². The number of ether oxygens (including phenoxy) is 2. The number of anilines is 2. The van der Waals surface area contributed by atoms with Crippen LogP contribution in [-0.4, -0.2) is 65.5 Å². The smallest absolute Gasteiger partial charge is 0.315 e. The number of amides is 3. The number of rotatable bonds is 13. The van der Waals surface area contributed by atoms with Crippen LogP contribution in [0.4, 0.5) is 20.7 Å². The Kier molecular flexibility index (Phi) is 8.41. The van der Waals surface area contributed by atoms with E-state index < -0.39 is 0 Å². The molecule has 222 valence electrons. The fourth-order valence-electron chi connectivity index (χ4n) is 5.85. The maximum Gasteiger partial charge on any atom is 0.315 e. The topological polar surface area (TPSA) is 129 Å². The summed E-state index contributed by atoms with van der Waals surface area (Å²) in [5.41, 5.74) is 4.62. The highest BCUT2D eigenvalue weighted by Crippen LogP contribution is 2.44. The number of urea groups is 1. The Morgan fingerprint density at radius 2 is 2.07 bits per heavy atom. The maximum atomic E-state index is 13.6. The molecular weight excluding hydrogens is 559 g/mol. The van der Waals surface area contributed by atoms with E-state index in [0.717, 1.165) is 47.4 Å². The van der Waals surface area contributed by atoms with Crippen LogP contribution in [0.1, 0.15) is 43.2 Å². The summed E-state index contributed by atoms with van der Waals surface area (Å²) < 4.78 is 25.3. The van der Waals surface area contributed by atoms with Gasteiger partial charge in [-0.15, -0.1) is 0 Å². The van der Waals surface area contributed by atoms with Gasteiger partial charge in [-0.2, -0.15) is 16.9 Å². The first kappa shape index (κ1) is 28.2. The van der Waals surface area contributed by atoms with Crippen molar-refractivity contribution in [3.8, 4) is 22.8 Å². The molecule has 0 spiro atoms. The third-order valence-electron chi connectivity index (χ3n) is 7.96. The minimum Gasteiger partial charge on any atom is -0.493 e. The van der Waals surface area contributed by atoms with E-state index in [-0.39, 0.29) is 29.8 Å². The molecule has 1 aromatic heterocycles. The third-order valence-corrected chi connectivity index (χ3v) is 9.47. The lowest BCUT2D eigenvalue weighted by atomic mass is 10.0. The Bertz CT molecular complexity index is 1470. The Balaban J connectivity index is 0.939. The second-order valence-corrected chi connectivity index (χ2v) is 12.1. The first-order valence-electron chi connectivity index (χ1n) is 14.4. The number of fused-ring (bicyclic) bond motifs is 4. The van der Waals surface area contributed by atoms with Crippen molar-refractivity contribution >= 4 is 35.2 Å². The molecule has 6 rings (SSSR count). The first-order chi connectivity index (χ1) is 20.5. The second kappa shape index (κ2) is 12.5. The predicted octanol–water partition coefficient (Wildman–Crippen LogP) is 4.48. The van der Waals surface area contributed by atoms with E-state index >= 15 is 0 Å². The van der Waals surface area contributed by atoms with Crippen LogP contribution in [0.3, 0.4) is 0 Å². The number of H-pyrrole nitrogens is 1. The van der Waals surface area contributed by atoms with Crippen LogP contribution in [-0.2, 0) is 11.2 Å². The molecule has 0 saturated carbocycles. The van der Waals surface area contributed by atoms with Crippen LogP contribution >= 0.6 is 11.8 Å². The van der Waals surface area contributed by atoms with E-state index in [4.69, 9.17) is 9.47 Å². The fraction of sp³-hybridized carbons (Fsp3) is 0.433. The van der Waals surface area contributed by atoms with Crippen molar-refractivity contribution in [2.24, 2.45) is 0 Å². The molecule has 3 unspecified atom stereocenters. The van der Waals surface area contributed by atoms with E-state index in [1.165, 1.54) is 12.1 Å². The van der Waals surface area contributed by atoms with E-state index in [1.807, 2.05) is 23.9 Å². The number of halogens is 1. The van der Waals surface area contributed by atoms with Crippen molar-refractivity contribution < 1.29 is 23.5 Å². The standard InChI is InChI=1S/C30H35FN6O4S/c1-40-23-13-17-12-21-27(36-37-29(21)33-19-7-4-6-18(31)14-19)20(17)15-24(23)41-11-5-10-32-26(38)9-3-2-8-25-28-22(16-42-25)34-30(39)35-28/h4,6-7,13-15,22,25,28H,2-3,5,8-12,16H2,1H3,(H,32,38)(H2,33,36,37)(H2,34,35,39). The van der Waals surface area contributed by atoms with Crippen LogP contribution in [0.2, 0.25) is 0 Å². The van der Waals surface area contributed by atoms with Gasteiger partial charge in [-0.05, 0) is 55.2 Å². The summed E-state index contributed by atoms with van der Waals surface area (Å²) in [4.78, 5) is 23.8. The molecule has 0 radical (unpaired) electrons. The average molecular weight is 595 g/mol. The van der Waals surface area contributed by atoms with Crippen LogP contribution in [0.5, 0.6) is 11.5 Å². The zero-order valence-corrected chi connectivity index (χ0v) is 24.2. The summed E-state index contributed by atoms with van der Waals surface area (Å²) in [5.74, 6) is 2.63. The number of aromatic amines is 1. The predicted molar refractivity (Wildman–Crippen MR) is 160 cm³/mol. The van der Waals surface area contributed by atoms with Gasteiger partial charge in [0.1, 0.15) is 5.82 Å². The van der Waals surface area contributed by atoms with Crippen molar-refractivity contribution in [2.75, 3.05) is 31.3 Å². The number of thioether (sulfide) groups is 1. The summed E-state index contributed by atoms with van der Waals surface area (Å²) in [6.45, 7) is 0.963. The summed E-state index contributed by atoms with van der Waals surface area (Å²) >= 11 is 1.90. The van der Waals surface area contributed by atoms with Gasteiger partial charge >= 0.3 is 6.03 Å². The Morgan fingerprint density at radius 3 is 2.93 bits per heavy atom. The highest BCUT2D eigenvalue weighted by molar-refractivity contribution is 8.00. The zero-order valence-electron chi connectivity index (χ0n) is 23.4. The quantitative estimate of drug-likeness (QED) is 0.114. The van der Waals surface area contributed by atoms with Crippen molar-refractivity contribution in [3.05, 3.63) is 53.3 Å². The number of nitrogens with one attached hydrogen (secondary N) is 5. The molecule has 3 aromatic rings. The van der Waals surface area contributed by atoms with E-state index in [1.54, 1.807) is 19.2 Å². The van der Waals surface area contributed by atoms with Gasteiger partial charge < -0.3 is 30.7 Å². The van der Waals surface area contributed by atoms with Gasteiger partial charge in [0.15, 0.2) is 17.3 Å². The number of hydrogen-bond acceptors (Lipinski definition) is 7. The minimum atomic E-state index is -0.311. The number of hydrogen-bond donors (Lipinski definition) is 5. The number of carbonyl (C=O) groups excluding carboxylic acids is 2. The van der Waals surface area contributed by atoms with Gasteiger partial charge in [0.05, 0.1) is 31.5 Å².